The third-order valence-electron chi connectivity index (χ3n) is 3.45. The quantitative estimate of drug-likeness (QED) is 0.157. The molecule has 14 heteroatoms. The maximum Gasteiger partial charge on any atom is 0.507 e. The van der Waals surface area contributed by atoms with Gasteiger partial charge in [0.15, 0.2) is 0 Å². The molecule has 0 unspecified atom stereocenters. The number of methoxy groups -OCH3 is 3. The molecule has 0 spiro atoms. The molecule has 13 nitrogen and oxygen atoms in total. The first-order valence-corrected chi connectivity index (χ1v) is 17.0. The highest BCUT2D eigenvalue weighted by molar-refractivity contribution is 7.98. The molecule has 0 aliphatic rings. The van der Waals surface area contributed by atoms with Crippen LogP contribution in [0.2, 0.25) is 0 Å². The van der Waals surface area contributed by atoms with Gasteiger partial charge in [0.25, 0.3) is 0 Å². The first kappa shape index (κ1) is 117. The Morgan fingerprint density at radius 2 is 0.855 bits per heavy atom. The molecular weight excluding hydrogens is 727 g/mol. The molecule has 0 heterocycles. The van der Waals surface area contributed by atoms with E-state index in [2.05, 4.69) is 73.6 Å². The molecule has 55 heavy (non-hydrogen) atoms. The summed E-state index contributed by atoms with van der Waals surface area (Å²) in [4.78, 5) is 49.9. The van der Waals surface area contributed by atoms with Crippen molar-refractivity contribution < 1.29 is 47.7 Å². The number of alkyl carbamates (subject to hydrolysis) is 1. The average Bonchev–Trinajstić information content (AvgIpc) is 3.09. The maximum atomic E-state index is 10.1. The second-order valence-corrected chi connectivity index (χ2v) is 8.59. The maximum absolute atomic E-state index is 10.1. The van der Waals surface area contributed by atoms with E-state index in [4.69, 9.17) is 0 Å². The number of hydrogen-bond donors (Lipinski definition) is 3. The molecule has 0 bridgehead atoms. The largest absolute Gasteiger partial charge is 0.507 e. The molecule has 356 valence electrons. The van der Waals surface area contributed by atoms with Crippen LogP contribution in [0.15, 0.2) is 0 Å². The van der Waals surface area contributed by atoms with Gasteiger partial charge in [0.2, 0.25) is 5.91 Å². The van der Waals surface area contributed by atoms with Crippen molar-refractivity contribution >= 4 is 41.7 Å². The van der Waals surface area contributed by atoms with Gasteiger partial charge < -0.3 is 44.4 Å². The van der Waals surface area contributed by atoms with Crippen LogP contribution in [0.4, 0.5) is 9.59 Å². The number of nitrogens with one attached hydrogen (secondary N) is 3. The van der Waals surface area contributed by atoms with Gasteiger partial charge in [0.05, 0.1) is 27.4 Å². The molecular formula is C41H111N3O10S. The highest BCUT2D eigenvalue weighted by Gasteiger charge is 1.93. The van der Waals surface area contributed by atoms with Crippen molar-refractivity contribution in [3.63, 3.8) is 0 Å². The van der Waals surface area contributed by atoms with Crippen molar-refractivity contribution in [1.29, 1.82) is 0 Å². The van der Waals surface area contributed by atoms with E-state index in [1.807, 2.05) is 39.6 Å². The number of amides is 2. The van der Waals surface area contributed by atoms with Crippen molar-refractivity contribution in [2.45, 2.75) is 169 Å². The molecule has 0 aromatic heterocycles. The molecule has 0 aromatic carbocycles. The van der Waals surface area contributed by atoms with Crippen molar-refractivity contribution in [2.75, 3.05) is 80.8 Å². The van der Waals surface area contributed by atoms with Crippen LogP contribution in [0.25, 0.3) is 0 Å². The number of ether oxygens (including phenoxy) is 5. The molecule has 0 fully saturated rings. The minimum Gasteiger partial charge on any atom is -0.469 e. The zero-order valence-electron chi connectivity index (χ0n) is 32.9. The van der Waals surface area contributed by atoms with Gasteiger partial charge in [-0.3, -0.25) is 9.59 Å². The Morgan fingerprint density at radius 3 is 0.891 bits per heavy atom. The third kappa shape index (κ3) is 301. The summed E-state index contributed by atoms with van der Waals surface area (Å²) in [6.45, 7) is 23.6. The number of rotatable bonds is 8. The summed E-state index contributed by atoms with van der Waals surface area (Å²) in [6, 6.07) is 0. The second-order valence-electron chi connectivity index (χ2n) is 7.44. The minimum absolute atomic E-state index is 0. The molecule has 0 aliphatic heterocycles. The van der Waals surface area contributed by atoms with Gasteiger partial charge >= 0.3 is 18.2 Å². The fourth-order valence-electron chi connectivity index (χ4n) is 0.701. The zero-order chi connectivity index (χ0) is 38.6. The van der Waals surface area contributed by atoms with Crippen LogP contribution in [-0.2, 0) is 38.1 Å². The van der Waals surface area contributed by atoms with E-state index >= 15 is 0 Å². The molecule has 0 radical (unpaired) electrons. The number of ketones is 1. The number of carbonyl (C=O) groups is 5. The first-order valence-electron chi connectivity index (χ1n) is 15.6. The predicted octanol–water partition coefficient (Wildman–Crippen LogP) is 12.2. The average molecular weight is 838 g/mol. The third-order valence-corrected chi connectivity index (χ3v) is 4.03. The van der Waals surface area contributed by atoms with E-state index in [0.717, 1.165) is 13.2 Å². The standard InChI is InChI=1S/C4H9NO2.C4H9NO.C4H8O3.C4H8O2.C4H8O.C3H9N.C3H8O.C3H8S.C3H8.9CH4/c1-3-7-4(6)5-2;1-3-4(6)5-2;1-3-7-4(5)6-2;1-3-4(5)6-2;1-3-4(2)5;3*1-3-4-2;1-3-2;;;;;;;;;/h3H2,1-2H3,(H,5,6);3H2,1-2H3,(H,5,6);3H2,1-2H3;3H2,1-2H3;3H2,1-2H3;4H,3H2,1-2H3;2*3H2,1-2H3;3H2,1-2H3;9*1H4. The Balaban J connectivity index is -0.0000000173. The number of Topliss-reactive ketones (excluding diaryl/α,β-unsaturated/α-hetero) is 1. The van der Waals surface area contributed by atoms with Gasteiger partial charge in [-0.2, -0.15) is 11.8 Å². The molecule has 2 amide bonds. The lowest BCUT2D eigenvalue weighted by Gasteiger charge is -1.95. The minimum atomic E-state index is -0.623. The molecule has 0 aromatic rings. The van der Waals surface area contributed by atoms with Gasteiger partial charge in [-0.05, 0) is 53.3 Å². The lowest BCUT2D eigenvalue weighted by atomic mass is 10.4. The van der Waals surface area contributed by atoms with Crippen molar-refractivity contribution in [3.8, 4) is 0 Å². The predicted molar refractivity (Wildman–Crippen MR) is 256 cm³/mol. The van der Waals surface area contributed by atoms with E-state index in [0.29, 0.717) is 32.5 Å². The molecule has 3 N–H and O–H groups in total. The SMILES string of the molecule is C.C.C.C.C.C.C.C.C.CCC.CCC(=O)NC.CCC(=O)OC.CCC(C)=O.CCNC.CCOC.CCOC(=O)NC.CCOC(=O)OC.CCSC. The summed E-state index contributed by atoms with van der Waals surface area (Å²) in [6.07, 6.45) is 4.07. The Hall–Kier alpha value is -2.58. The fourth-order valence-corrected chi connectivity index (χ4v) is 0.701. The second kappa shape index (κ2) is 141. The fraction of sp³-hybridized carbons (Fsp3) is 0.878. The molecule has 0 aliphatic carbocycles. The number of esters is 1. The van der Waals surface area contributed by atoms with Crippen LogP contribution in [0, 0.1) is 0 Å². The number of thioether (sulfide) groups is 1. The number of carbonyl (C=O) groups excluding carboxylic acids is 5. The summed E-state index contributed by atoms with van der Waals surface area (Å²) in [5.74, 6) is 1.43. The van der Waals surface area contributed by atoms with Crippen molar-refractivity contribution in [1.82, 2.24) is 16.0 Å². The van der Waals surface area contributed by atoms with Crippen LogP contribution in [0.5, 0.6) is 0 Å². The van der Waals surface area contributed by atoms with Crippen LogP contribution in [0.3, 0.4) is 0 Å². The van der Waals surface area contributed by atoms with Crippen molar-refractivity contribution in [3.05, 3.63) is 0 Å². The van der Waals surface area contributed by atoms with E-state index in [1.54, 1.807) is 41.9 Å². The summed E-state index contributed by atoms with van der Waals surface area (Å²) >= 11 is 1.86. The van der Waals surface area contributed by atoms with Gasteiger partial charge in [-0.25, -0.2) is 9.59 Å². The van der Waals surface area contributed by atoms with Gasteiger partial charge in [-0.15, -0.1) is 0 Å². The van der Waals surface area contributed by atoms with E-state index in [-0.39, 0.29) is 90.6 Å². The lowest BCUT2D eigenvalue weighted by molar-refractivity contribution is -0.140. The van der Waals surface area contributed by atoms with Crippen LogP contribution >= 0.6 is 11.8 Å². The molecule has 0 saturated carbocycles. The Kier molecular flexibility index (Phi) is 300. The summed E-state index contributed by atoms with van der Waals surface area (Å²) in [5.41, 5.74) is 0. The Labute approximate surface area is 354 Å². The zero-order valence-corrected chi connectivity index (χ0v) is 33.7. The van der Waals surface area contributed by atoms with Crippen LogP contribution in [0.1, 0.15) is 169 Å². The van der Waals surface area contributed by atoms with Crippen LogP contribution in [-0.4, -0.2) is 111 Å². The van der Waals surface area contributed by atoms with Gasteiger partial charge in [-0.1, -0.05) is 122 Å². The van der Waals surface area contributed by atoms with Crippen LogP contribution < -0.4 is 16.0 Å². The number of hydrogen-bond acceptors (Lipinski definition) is 12. The molecule has 0 atom stereocenters. The molecule has 0 rings (SSSR count). The van der Waals surface area contributed by atoms with Crippen molar-refractivity contribution in [2.24, 2.45) is 0 Å². The van der Waals surface area contributed by atoms with E-state index in [9.17, 15) is 24.0 Å². The topological polar surface area (TPSA) is 168 Å². The monoisotopic (exact) mass is 838 g/mol. The summed E-state index contributed by atoms with van der Waals surface area (Å²) < 4.78 is 21.7. The lowest BCUT2D eigenvalue weighted by Crippen LogP contribution is -2.18. The highest BCUT2D eigenvalue weighted by Crippen LogP contribution is 1.83. The highest BCUT2D eigenvalue weighted by atomic mass is 32.2. The Bertz CT molecular complexity index is 515. The Morgan fingerprint density at radius 1 is 0.545 bits per heavy atom. The smallest absolute Gasteiger partial charge is 0.469 e. The van der Waals surface area contributed by atoms with Gasteiger partial charge in [0.1, 0.15) is 5.78 Å². The summed E-state index contributed by atoms with van der Waals surface area (Å²) in [7, 11) is 9.42. The first-order chi connectivity index (χ1) is 21.7. The summed E-state index contributed by atoms with van der Waals surface area (Å²) in [5, 5.41) is 7.71. The van der Waals surface area contributed by atoms with Gasteiger partial charge in [0, 0.05) is 47.1 Å². The molecule has 0 saturated heterocycles. The van der Waals surface area contributed by atoms with E-state index < -0.39 is 6.16 Å². The van der Waals surface area contributed by atoms with E-state index in [1.165, 1.54) is 33.4 Å². The normalized spacial score (nSPS) is 6.29.